The van der Waals surface area contributed by atoms with Crippen molar-refractivity contribution in [3.63, 3.8) is 0 Å². The van der Waals surface area contributed by atoms with Gasteiger partial charge in [-0.2, -0.15) is 0 Å². The summed E-state index contributed by atoms with van der Waals surface area (Å²) in [4.78, 5) is 33.4. The first-order valence-electron chi connectivity index (χ1n) is 5.81. The second-order valence-corrected chi connectivity index (χ2v) is 4.16. The fourth-order valence-corrected chi connectivity index (χ4v) is 1.37. The molecular formula is C10H21N5O4. The van der Waals surface area contributed by atoms with E-state index in [1.807, 2.05) is 0 Å². The summed E-state index contributed by atoms with van der Waals surface area (Å²) in [5.41, 5.74) is 21.3. The van der Waals surface area contributed by atoms with Crippen molar-refractivity contribution in [1.29, 1.82) is 0 Å². The predicted octanol–water partition coefficient (Wildman–Crippen LogP) is -3.18. The first-order valence-corrected chi connectivity index (χ1v) is 5.81. The molecule has 0 aliphatic rings. The molecule has 9 nitrogen and oxygen atoms in total. The zero-order valence-corrected chi connectivity index (χ0v) is 10.5. The highest BCUT2D eigenvalue weighted by atomic mass is 16.4. The summed E-state index contributed by atoms with van der Waals surface area (Å²) in [5.74, 6) is -3.06. The Morgan fingerprint density at radius 3 is 2.00 bits per heavy atom. The number of Topliss-reactive ketones (excluding diaryl/α,β-unsaturated/α-hetero) is 2. The van der Waals surface area contributed by atoms with Gasteiger partial charge >= 0.3 is 5.97 Å². The van der Waals surface area contributed by atoms with Gasteiger partial charge < -0.3 is 28.0 Å². The van der Waals surface area contributed by atoms with Gasteiger partial charge in [-0.1, -0.05) is 0 Å². The molecule has 0 saturated carbocycles. The first kappa shape index (κ1) is 17.6. The Morgan fingerprint density at radius 2 is 1.53 bits per heavy atom. The zero-order valence-electron chi connectivity index (χ0n) is 10.5. The third-order valence-electron chi connectivity index (χ3n) is 2.38. The van der Waals surface area contributed by atoms with E-state index in [1.165, 1.54) is 0 Å². The summed E-state index contributed by atoms with van der Waals surface area (Å²) in [6.07, 6.45) is -0.498. The quantitative estimate of drug-likeness (QED) is 0.136. The molecule has 0 rings (SSSR count). The number of rotatable bonds is 10. The van der Waals surface area contributed by atoms with Crippen LogP contribution < -0.4 is 28.3 Å². The number of hydrogen-bond donors (Lipinski definition) is 6. The summed E-state index contributed by atoms with van der Waals surface area (Å²) in [6.45, 7) is 0.452. The molecule has 0 aliphatic heterocycles. The normalized spacial score (nSPS) is 14.2. The van der Waals surface area contributed by atoms with E-state index in [4.69, 9.17) is 28.0 Å². The van der Waals surface area contributed by atoms with Crippen LogP contribution in [0.4, 0.5) is 0 Å². The Morgan fingerprint density at radius 1 is 1.00 bits per heavy atom. The van der Waals surface area contributed by atoms with Crippen LogP contribution in [0.5, 0.6) is 0 Å². The predicted molar refractivity (Wildman–Crippen MR) is 67.6 cm³/mol. The topological polar surface area (TPSA) is 188 Å². The van der Waals surface area contributed by atoms with Gasteiger partial charge in [-0.3, -0.25) is 19.7 Å². The minimum Gasteiger partial charge on any atom is -0.481 e. The molecule has 110 valence electrons. The highest BCUT2D eigenvalue weighted by Crippen LogP contribution is 2.00. The molecule has 2 atom stereocenters. The van der Waals surface area contributed by atoms with Gasteiger partial charge in [-0.25, -0.2) is 0 Å². The maximum Gasteiger partial charge on any atom is 0.305 e. The van der Waals surface area contributed by atoms with Gasteiger partial charge in [0.25, 0.3) is 0 Å². The fourth-order valence-electron chi connectivity index (χ4n) is 1.37. The van der Waals surface area contributed by atoms with Crippen LogP contribution in [-0.2, 0) is 14.4 Å². The Hall–Kier alpha value is -1.39. The van der Waals surface area contributed by atoms with Crippen LogP contribution in [0.15, 0.2) is 0 Å². The van der Waals surface area contributed by atoms with Gasteiger partial charge in [0.2, 0.25) is 11.6 Å². The van der Waals surface area contributed by atoms with Crippen molar-refractivity contribution < 1.29 is 19.5 Å². The van der Waals surface area contributed by atoms with Crippen LogP contribution in [0, 0.1) is 0 Å². The van der Waals surface area contributed by atoms with Crippen LogP contribution in [0.25, 0.3) is 0 Å². The number of ketones is 2. The average Bonchev–Trinajstić information content (AvgIpc) is 2.31. The number of carbonyl (C=O) groups excluding carboxylic acids is 2. The Bertz CT molecular complexity index is 334. The third-order valence-corrected chi connectivity index (χ3v) is 2.38. The number of nitrogens with two attached hydrogens (primary N) is 4. The van der Waals surface area contributed by atoms with Crippen molar-refractivity contribution in [1.82, 2.24) is 5.32 Å². The molecule has 0 heterocycles. The lowest BCUT2D eigenvalue weighted by Gasteiger charge is -2.13. The summed E-state index contributed by atoms with van der Waals surface area (Å²) >= 11 is 0. The van der Waals surface area contributed by atoms with Crippen molar-refractivity contribution in [3.05, 3.63) is 0 Å². The first-order chi connectivity index (χ1) is 8.75. The van der Waals surface area contributed by atoms with Gasteiger partial charge in [0.05, 0.1) is 18.5 Å². The van der Waals surface area contributed by atoms with E-state index < -0.39 is 42.3 Å². The molecule has 0 aromatic heterocycles. The zero-order chi connectivity index (χ0) is 15.0. The number of carbonyl (C=O) groups is 3. The largest absolute Gasteiger partial charge is 0.481 e. The van der Waals surface area contributed by atoms with E-state index in [0.29, 0.717) is 13.0 Å². The standard InChI is InChI=1S/C10H21N5O4/c11-5(2-1-3-15-10(13)14)8(18)9(19)6(12)4-7(16)17/h5-6,10,15H,1-4,11-14H2,(H,16,17)/t5-,6-/m0/s1. The number of nitrogens with one attached hydrogen (secondary N) is 1. The van der Waals surface area contributed by atoms with Crippen molar-refractivity contribution in [2.45, 2.75) is 37.6 Å². The second kappa shape index (κ2) is 8.67. The summed E-state index contributed by atoms with van der Waals surface area (Å²) in [5, 5.41) is 11.2. The molecule has 0 radical (unpaired) electrons. The van der Waals surface area contributed by atoms with Crippen molar-refractivity contribution in [3.8, 4) is 0 Å². The van der Waals surface area contributed by atoms with Gasteiger partial charge in [-0.05, 0) is 19.4 Å². The van der Waals surface area contributed by atoms with Crippen LogP contribution in [0.2, 0.25) is 0 Å². The summed E-state index contributed by atoms with van der Waals surface area (Å²) in [6, 6.07) is -2.35. The monoisotopic (exact) mass is 275 g/mol. The highest BCUT2D eigenvalue weighted by molar-refractivity contribution is 6.41. The Labute approximate surface area is 110 Å². The minimum absolute atomic E-state index is 0.254. The van der Waals surface area contributed by atoms with E-state index in [-0.39, 0.29) is 6.42 Å². The van der Waals surface area contributed by atoms with Crippen LogP contribution in [-0.4, -0.2) is 47.6 Å². The molecular weight excluding hydrogens is 254 g/mol. The third kappa shape index (κ3) is 7.59. The molecule has 9 heteroatoms. The van der Waals surface area contributed by atoms with Gasteiger partial charge in [-0.15, -0.1) is 0 Å². The molecule has 0 unspecified atom stereocenters. The van der Waals surface area contributed by atoms with E-state index in [1.54, 1.807) is 0 Å². The van der Waals surface area contributed by atoms with Crippen molar-refractivity contribution >= 4 is 17.5 Å². The molecule has 0 amide bonds. The maximum absolute atomic E-state index is 11.6. The molecule has 0 aromatic rings. The lowest BCUT2D eigenvalue weighted by molar-refractivity contribution is -0.142. The molecule has 19 heavy (non-hydrogen) atoms. The van der Waals surface area contributed by atoms with E-state index in [2.05, 4.69) is 5.32 Å². The molecule has 0 fully saturated rings. The molecule has 0 bridgehead atoms. The van der Waals surface area contributed by atoms with Crippen molar-refractivity contribution in [2.75, 3.05) is 6.54 Å². The molecule has 0 saturated heterocycles. The smallest absolute Gasteiger partial charge is 0.305 e. The number of hydrogen-bond acceptors (Lipinski definition) is 8. The van der Waals surface area contributed by atoms with Crippen LogP contribution in [0.3, 0.4) is 0 Å². The molecule has 0 aliphatic carbocycles. The van der Waals surface area contributed by atoms with Crippen molar-refractivity contribution in [2.24, 2.45) is 22.9 Å². The number of carboxylic acids is 1. The van der Waals surface area contributed by atoms with Gasteiger partial charge in [0.1, 0.15) is 6.29 Å². The van der Waals surface area contributed by atoms with E-state index >= 15 is 0 Å². The average molecular weight is 275 g/mol. The Balaban J connectivity index is 4.10. The van der Waals surface area contributed by atoms with E-state index in [0.717, 1.165) is 0 Å². The van der Waals surface area contributed by atoms with Crippen LogP contribution in [0.1, 0.15) is 19.3 Å². The second-order valence-electron chi connectivity index (χ2n) is 4.16. The van der Waals surface area contributed by atoms with Gasteiger partial charge in [0.15, 0.2) is 0 Å². The highest BCUT2D eigenvalue weighted by Gasteiger charge is 2.27. The summed E-state index contributed by atoms with van der Waals surface area (Å²) < 4.78 is 0. The molecule has 10 N–H and O–H groups in total. The van der Waals surface area contributed by atoms with Crippen LogP contribution >= 0.6 is 0 Å². The lowest BCUT2D eigenvalue weighted by Crippen LogP contribution is -2.47. The van der Waals surface area contributed by atoms with E-state index in [9.17, 15) is 14.4 Å². The minimum atomic E-state index is -1.35. The maximum atomic E-state index is 11.6. The SMILES string of the molecule is NC(N)NCCC[C@H](N)C(=O)C(=O)[C@@H](N)CC(=O)O. The molecule has 0 aromatic carbocycles. The number of carboxylic acid groups (broad SMARTS) is 1. The Kier molecular flexibility index (Phi) is 8.03. The van der Waals surface area contributed by atoms with Gasteiger partial charge in [0, 0.05) is 0 Å². The number of aliphatic carboxylic acids is 1. The summed E-state index contributed by atoms with van der Waals surface area (Å²) in [7, 11) is 0. The molecule has 0 spiro atoms. The lowest BCUT2D eigenvalue weighted by atomic mass is 9.99. The fraction of sp³-hybridized carbons (Fsp3) is 0.700.